The number of ketones is 1. The first-order valence-corrected chi connectivity index (χ1v) is 10.3. The standard InChI is InChI=1S/C19H19N3OS2/c1-2-13-9-10-17(25-13)16(23)11-24-19-21-15-6-4-3-5-14(15)18(22-19)20-12-7-8-12/h3-6,9-10,12H,2,7-8,11H2,1H3,(H,20,21,22). The summed E-state index contributed by atoms with van der Waals surface area (Å²) in [7, 11) is 0. The molecule has 0 bridgehead atoms. The minimum absolute atomic E-state index is 0.142. The predicted molar refractivity (Wildman–Crippen MR) is 105 cm³/mol. The number of Topliss-reactive ketones (excluding diaryl/α,β-unsaturated/α-hetero) is 1. The van der Waals surface area contributed by atoms with E-state index in [4.69, 9.17) is 0 Å². The molecule has 6 heteroatoms. The minimum atomic E-state index is 0.142. The molecule has 1 N–H and O–H groups in total. The maximum Gasteiger partial charge on any atom is 0.190 e. The van der Waals surface area contributed by atoms with Crippen molar-refractivity contribution >= 4 is 45.6 Å². The molecule has 1 fully saturated rings. The number of anilines is 1. The van der Waals surface area contributed by atoms with Crippen LogP contribution in [0, 0.1) is 0 Å². The highest BCUT2D eigenvalue weighted by Crippen LogP contribution is 2.30. The molecule has 1 saturated carbocycles. The van der Waals surface area contributed by atoms with Crippen LogP contribution in [0.5, 0.6) is 0 Å². The number of thiophene rings is 1. The molecule has 0 radical (unpaired) electrons. The average Bonchev–Trinajstić information content (AvgIpc) is 3.32. The van der Waals surface area contributed by atoms with Crippen molar-refractivity contribution < 1.29 is 4.79 Å². The number of benzene rings is 1. The number of carbonyl (C=O) groups is 1. The zero-order valence-corrected chi connectivity index (χ0v) is 15.6. The summed E-state index contributed by atoms with van der Waals surface area (Å²) in [5, 5.41) is 5.18. The third-order valence-electron chi connectivity index (χ3n) is 4.12. The maximum atomic E-state index is 12.4. The van der Waals surface area contributed by atoms with Gasteiger partial charge in [-0.2, -0.15) is 0 Å². The molecule has 1 aliphatic carbocycles. The van der Waals surface area contributed by atoms with E-state index >= 15 is 0 Å². The number of nitrogens with one attached hydrogen (secondary N) is 1. The molecule has 0 aliphatic heterocycles. The largest absolute Gasteiger partial charge is 0.367 e. The molecule has 2 aromatic heterocycles. The molecule has 128 valence electrons. The lowest BCUT2D eigenvalue weighted by Gasteiger charge is -2.09. The second kappa shape index (κ2) is 7.14. The van der Waals surface area contributed by atoms with E-state index in [0.717, 1.165) is 28.0 Å². The Hall–Kier alpha value is -1.92. The van der Waals surface area contributed by atoms with E-state index in [0.29, 0.717) is 17.0 Å². The summed E-state index contributed by atoms with van der Waals surface area (Å²) in [4.78, 5) is 23.7. The van der Waals surface area contributed by atoms with Crippen molar-refractivity contribution in [2.45, 2.75) is 37.4 Å². The Morgan fingerprint density at radius 2 is 2.08 bits per heavy atom. The fourth-order valence-electron chi connectivity index (χ4n) is 2.57. The Morgan fingerprint density at radius 1 is 1.24 bits per heavy atom. The van der Waals surface area contributed by atoms with Gasteiger partial charge in [0, 0.05) is 16.3 Å². The number of para-hydroxylation sites is 1. The number of fused-ring (bicyclic) bond motifs is 1. The van der Waals surface area contributed by atoms with Crippen molar-refractivity contribution in [2.75, 3.05) is 11.1 Å². The van der Waals surface area contributed by atoms with Crippen LogP contribution in [-0.4, -0.2) is 27.5 Å². The number of aromatic nitrogens is 2. The Kier molecular flexibility index (Phi) is 4.72. The molecule has 2 heterocycles. The number of hydrogen-bond acceptors (Lipinski definition) is 6. The van der Waals surface area contributed by atoms with Crippen LogP contribution >= 0.6 is 23.1 Å². The van der Waals surface area contributed by atoms with Crippen LogP contribution in [0.4, 0.5) is 5.82 Å². The molecule has 0 atom stereocenters. The van der Waals surface area contributed by atoms with E-state index in [9.17, 15) is 4.79 Å². The van der Waals surface area contributed by atoms with Crippen LogP contribution in [-0.2, 0) is 6.42 Å². The molecule has 0 unspecified atom stereocenters. The van der Waals surface area contributed by atoms with Crippen molar-refractivity contribution in [1.29, 1.82) is 0 Å². The van der Waals surface area contributed by atoms with E-state index in [1.807, 2.05) is 36.4 Å². The zero-order valence-electron chi connectivity index (χ0n) is 14.0. The van der Waals surface area contributed by atoms with Gasteiger partial charge in [0.25, 0.3) is 0 Å². The van der Waals surface area contributed by atoms with Crippen LogP contribution in [0.25, 0.3) is 10.9 Å². The Bertz CT molecular complexity index is 918. The van der Waals surface area contributed by atoms with Gasteiger partial charge in [0.2, 0.25) is 0 Å². The SMILES string of the molecule is CCc1ccc(C(=O)CSc2nc(NC3CC3)c3ccccc3n2)s1. The van der Waals surface area contributed by atoms with Crippen LogP contribution in [0.3, 0.4) is 0 Å². The summed E-state index contributed by atoms with van der Waals surface area (Å²) in [5.74, 6) is 1.39. The van der Waals surface area contributed by atoms with E-state index in [2.05, 4.69) is 22.2 Å². The maximum absolute atomic E-state index is 12.4. The minimum Gasteiger partial charge on any atom is -0.367 e. The first-order chi connectivity index (χ1) is 12.2. The first-order valence-electron chi connectivity index (χ1n) is 8.51. The van der Waals surface area contributed by atoms with Crippen LogP contribution < -0.4 is 5.32 Å². The fourth-order valence-corrected chi connectivity index (χ4v) is 4.28. The highest BCUT2D eigenvalue weighted by molar-refractivity contribution is 7.99. The Labute approximate surface area is 155 Å². The van der Waals surface area contributed by atoms with Gasteiger partial charge in [0.15, 0.2) is 10.9 Å². The molecule has 4 nitrogen and oxygen atoms in total. The van der Waals surface area contributed by atoms with Crippen molar-refractivity contribution in [1.82, 2.24) is 9.97 Å². The number of rotatable bonds is 7. The number of thioether (sulfide) groups is 1. The van der Waals surface area contributed by atoms with Gasteiger partial charge < -0.3 is 5.32 Å². The van der Waals surface area contributed by atoms with E-state index in [1.165, 1.54) is 29.5 Å². The zero-order chi connectivity index (χ0) is 17.2. The van der Waals surface area contributed by atoms with Crippen molar-refractivity contribution in [3.8, 4) is 0 Å². The Balaban J connectivity index is 1.53. The molecule has 0 saturated heterocycles. The van der Waals surface area contributed by atoms with Crippen molar-refractivity contribution in [3.05, 3.63) is 46.2 Å². The highest BCUT2D eigenvalue weighted by atomic mass is 32.2. The van der Waals surface area contributed by atoms with Gasteiger partial charge >= 0.3 is 0 Å². The summed E-state index contributed by atoms with van der Waals surface area (Å²) in [5.41, 5.74) is 0.917. The topological polar surface area (TPSA) is 54.9 Å². The summed E-state index contributed by atoms with van der Waals surface area (Å²) in [6.07, 6.45) is 3.35. The normalized spacial score (nSPS) is 14.0. The van der Waals surface area contributed by atoms with E-state index in [1.54, 1.807) is 11.3 Å². The van der Waals surface area contributed by atoms with Gasteiger partial charge in [-0.1, -0.05) is 30.8 Å². The number of carbonyl (C=O) groups excluding carboxylic acids is 1. The molecule has 25 heavy (non-hydrogen) atoms. The monoisotopic (exact) mass is 369 g/mol. The molecule has 3 aromatic rings. The highest BCUT2D eigenvalue weighted by Gasteiger charge is 2.23. The lowest BCUT2D eigenvalue weighted by molar-refractivity contribution is 0.102. The van der Waals surface area contributed by atoms with Crippen LogP contribution in [0.2, 0.25) is 0 Å². The third-order valence-corrected chi connectivity index (χ3v) is 6.24. The summed E-state index contributed by atoms with van der Waals surface area (Å²) < 4.78 is 0. The molecule has 0 spiro atoms. The summed E-state index contributed by atoms with van der Waals surface area (Å²) in [6, 6.07) is 12.5. The molecular weight excluding hydrogens is 350 g/mol. The quantitative estimate of drug-likeness (QED) is 0.368. The number of aryl methyl sites for hydroxylation is 1. The molecule has 4 rings (SSSR count). The van der Waals surface area contributed by atoms with Crippen molar-refractivity contribution in [2.24, 2.45) is 0 Å². The lowest BCUT2D eigenvalue weighted by atomic mass is 10.2. The van der Waals surface area contributed by atoms with Crippen molar-refractivity contribution in [3.63, 3.8) is 0 Å². The van der Waals surface area contributed by atoms with Gasteiger partial charge in [-0.15, -0.1) is 11.3 Å². The smallest absolute Gasteiger partial charge is 0.190 e. The van der Waals surface area contributed by atoms with Gasteiger partial charge in [0.05, 0.1) is 16.1 Å². The van der Waals surface area contributed by atoms with Gasteiger partial charge in [0.1, 0.15) is 5.82 Å². The second-order valence-electron chi connectivity index (χ2n) is 6.12. The lowest BCUT2D eigenvalue weighted by Crippen LogP contribution is -2.06. The predicted octanol–water partition coefficient (Wildman–Crippen LogP) is 4.80. The van der Waals surface area contributed by atoms with Crippen LogP contribution in [0.15, 0.2) is 41.6 Å². The number of nitrogens with zero attached hydrogens (tertiary/aromatic N) is 2. The molecule has 1 aromatic carbocycles. The van der Waals surface area contributed by atoms with Gasteiger partial charge in [-0.25, -0.2) is 9.97 Å². The fraction of sp³-hybridized carbons (Fsp3) is 0.316. The first kappa shape index (κ1) is 16.5. The molecular formula is C19H19N3OS2. The van der Waals surface area contributed by atoms with E-state index < -0.39 is 0 Å². The number of hydrogen-bond donors (Lipinski definition) is 1. The van der Waals surface area contributed by atoms with E-state index in [-0.39, 0.29) is 5.78 Å². The van der Waals surface area contributed by atoms with Gasteiger partial charge in [-0.05, 0) is 43.5 Å². The van der Waals surface area contributed by atoms with Crippen LogP contribution in [0.1, 0.15) is 34.3 Å². The third kappa shape index (κ3) is 3.85. The molecule has 1 aliphatic rings. The summed E-state index contributed by atoms with van der Waals surface area (Å²) >= 11 is 2.99. The molecule has 0 amide bonds. The Morgan fingerprint density at radius 3 is 2.84 bits per heavy atom. The second-order valence-corrected chi connectivity index (χ2v) is 8.23. The van der Waals surface area contributed by atoms with Gasteiger partial charge in [-0.3, -0.25) is 4.79 Å². The average molecular weight is 370 g/mol. The summed E-state index contributed by atoms with van der Waals surface area (Å²) in [6.45, 7) is 2.10.